The Balaban J connectivity index is 1.81. The Morgan fingerprint density at radius 3 is 2.45 bits per heavy atom. The molecule has 0 saturated heterocycles. The lowest BCUT2D eigenvalue weighted by atomic mass is 10.00. The van der Waals surface area contributed by atoms with Crippen LogP contribution in [0.25, 0.3) is 10.9 Å². The second-order valence-corrected chi connectivity index (χ2v) is 8.22. The van der Waals surface area contributed by atoms with E-state index in [1.165, 1.54) is 29.3 Å². The van der Waals surface area contributed by atoms with Gasteiger partial charge in [0.05, 0.1) is 27.8 Å². The minimum atomic E-state index is -4.58. The number of anilines is 2. The Hall–Kier alpha value is -3.05. The SMILES string of the molecule is Nc1cccc2c(C3CC(C(F)(F)F)=NN3c3ccc(S(N)(=O)=O)cc3)c[nH]c12. The number of benzene rings is 2. The Bertz CT molecular complexity index is 1220. The molecule has 5 N–H and O–H groups in total. The number of fused-ring (bicyclic) bond motifs is 1. The Kier molecular flexibility index (Phi) is 4.32. The van der Waals surface area contributed by atoms with Crippen molar-refractivity contribution < 1.29 is 21.6 Å². The van der Waals surface area contributed by atoms with Gasteiger partial charge in [-0.3, -0.25) is 5.01 Å². The Morgan fingerprint density at radius 2 is 1.83 bits per heavy atom. The molecule has 0 saturated carbocycles. The number of hydrazone groups is 1. The van der Waals surface area contributed by atoms with E-state index in [4.69, 9.17) is 10.9 Å². The topological polar surface area (TPSA) is 118 Å². The predicted octanol–water partition coefficient (Wildman–Crippen LogP) is 3.27. The number of H-pyrrole nitrogens is 1. The van der Waals surface area contributed by atoms with Crippen molar-refractivity contribution in [3.63, 3.8) is 0 Å². The van der Waals surface area contributed by atoms with Gasteiger partial charge in [-0.15, -0.1) is 0 Å². The zero-order valence-corrected chi connectivity index (χ0v) is 15.6. The summed E-state index contributed by atoms with van der Waals surface area (Å²) in [6.07, 6.45) is -3.33. The standard InChI is InChI=1S/C18H16F3N5O2S/c19-18(20,21)16-8-15(13-9-24-17-12(13)2-1-3-14(17)22)26(25-16)10-4-6-11(7-5-10)29(23,27)28/h1-7,9,15,24H,8,22H2,(H2,23,27,28). The molecule has 0 spiro atoms. The number of nitrogens with zero attached hydrogens (tertiary/aromatic N) is 2. The number of nitrogen functional groups attached to an aromatic ring is 1. The molecule has 2 aromatic carbocycles. The Labute approximate surface area is 163 Å². The van der Waals surface area contributed by atoms with Gasteiger partial charge in [-0.05, 0) is 30.3 Å². The molecule has 0 fully saturated rings. The van der Waals surface area contributed by atoms with Crippen LogP contribution < -0.4 is 15.9 Å². The van der Waals surface area contributed by atoms with Crippen LogP contribution in [0.1, 0.15) is 18.0 Å². The molecule has 1 unspecified atom stereocenters. The lowest BCUT2D eigenvalue weighted by molar-refractivity contribution is -0.0600. The van der Waals surface area contributed by atoms with Crippen LogP contribution in [0.15, 0.2) is 58.7 Å². The number of nitrogens with two attached hydrogens (primary N) is 2. The number of sulfonamides is 1. The second-order valence-electron chi connectivity index (χ2n) is 6.66. The number of para-hydroxylation sites is 1. The van der Waals surface area contributed by atoms with Crippen molar-refractivity contribution in [2.24, 2.45) is 10.2 Å². The average Bonchev–Trinajstić information content (AvgIpc) is 3.25. The zero-order valence-electron chi connectivity index (χ0n) is 14.8. The van der Waals surface area contributed by atoms with Gasteiger partial charge in [0.25, 0.3) is 0 Å². The van der Waals surface area contributed by atoms with Crippen molar-refractivity contribution in [2.75, 3.05) is 10.7 Å². The van der Waals surface area contributed by atoms with Gasteiger partial charge in [-0.2, -0.15) is 18.3 Å². The Morgan fingerprint density at radius 1 is 1.14 bits per heavy atom. The van der Waals surface area contributed by atoms with Crippen LogP contribution in [0.2, 0.25) is 0 Å². The molecule has 3 aromatic rings. The molecule has 152 valence electrons. The summed E-state index contributed by atoms with van der Waals surface area (Å²) in [4.78, 5) is 2.87. The van der Waals surface area contributed by atoms with E-state index in [0.29, 0.717) is 27.8 Å². The highest BCUT2D eigenvalue weighted by Crippen LogP contribution is 2.42. The van der Waals surface area contributed by atoms with Gasteiger partial charge in [0.2, 0.25) is 10.0 Å². The first-order chi connectivity index (χ1) is 13.6. The predicted molar refractivity (Wildman–Crippen MR) is 104 cm³/mol. The summed E-state index contributed by atoms with van der Waals surface area (Å²) in [5.41, 5.74) is 7.05. The van der Waals surface area contributed by atoms with E-state index < -0.39 is 28.0 Å². The van der Waals surface area contributed by atoms with E-state index in [1.807, 2.05) is 0 Å². The van der Waals surface area contributed by atoms with E-state index in [-0.39, 0.29) is 11.3 Å². The number of aromatic amines is 1. The number of nitrogens with one attached hydrogen (secondary N) is 1. The molecular formula is C18H16F3N5O2S. The molecule has 29 heavy (non-hydrogen) atoms. The van der Waals surface area contributed by atoms with Crippen LogP contribution in [-0.4, -0.2) is 25.3 Å². The third-order valence-corrected chi connectivity index (χ3v) is 5.74. The van der Waals surface area contributed by atoms with Gasteiger partial charge < -0.3 is 10.7 Å². The number of rotatable bonds is 3. The summed E-state index contributed by atoms with van der Waals surface area (Å²) in [5, 5.41) is 10.8. The maximum absolute atomic E-state index is 13.4. The number of primary sulfonamides is 1. The molecule has 7 nitrogen and oxygen atoms in total. The first-order valence-electron chi connectivity index (χ1n) is 8.48. The van der Waals surface area contributed by atoms with Gasteiger partial charge in [-0.1, -0.05) is 12.1 Å². The number of aromatic nitrogens is 1. The van der Waals surface area contributed by atoms with E-state index in [9.17, 15) is 21.6 Å². The van der Waals surface area contributed by atoms with Crippen LogP contribution >= 0.6 is 0 Å². The summed E-state index contributed by atoms with van der Waals surface area (Å²) in [6, 6.07) is 9.65. The maximum atomic E-state index is 13.4. The van der Waals surface area contributed by atoms with Crippen molar-refractivity contribution in [2.45, 2.75) is 23.5 Å². The molecular weight excluding hydrogens is 407 g/mol. The normalized spacial score (nSPS) is 17.7. The minimum absolute atomic E-state index is 0.142. The fourth-order valence-corrected chi connectivity index (χ4v) is 3.94. The molecule has 0 bridgehead atoms. The highest BCUT2D eigenvalue weighted by Gasteiger charge is 2.44. The summed E-state index contributed by atoms with van der Waals surface area (Å²) >= 11 is 0. The molecule has 4 rings (SSSR count). The number of alkyl halides is 3. The van der Waals surface area contributed by atoms with Crippen LogP contribution in [0, 0.1) is 0 Å². The first-order valence-corrected chi connectivity index (χ1v) is 10.0. The third kappa shape index (κ3) is 3.42. The molecule has 2 heterocycles. The van der Waals surface area contributed by atoms with Crippen molar-refractivity contribution in [3.8, 4) is 0 Å². The highest BCUT2D eigenvalue weighted by molar-refractivity contribution is 7.89. The van der Waals surface area contributed by atoms with E-state index in [2.05, 4.69) is 10.1 Å². The quantitative estimate of drug-likeness (QED) is 0.561. The molecule has 1 aromatic heterocycles. The van der Waals surface area contributed by atoms with Gasteiger partial charge in [0.15, 0.2) is 0 Å². The average molecular weight is 423 g/mol. The van der Waals surface area contributed by atoms with E-state index >= 15 is 0 Å². The van der Waals surface area contributed by atoms with Gasteiger partial charge in [0.1, 0.15) is 5.71 Å². The molecule has 1 atom stereocenters. The summed E-state index contributed by atoms with van der Waals surface area (Å²) in [6.45, 7) is 0. The molecule has 1 aliphatic heterocycles. The molecule has 11 heteroatoms. The highest BCUT2D eigenvalue weighted by atomic mass is 32.2. The summed E-state index contributed by atoms with van der Waals surface area (Å²) in [5.74, 6) is 0. The fourth-order valence-electron chi connectivity index (χ4n) is 3.43. The first kappa shape index (κ1) is 19.3. The smallest absolute Gasteiger partial charge is 0.397 e. The van der Waals surface area contributed by atoms with Crippen molar-refractivity contribution in [1.82, 2.24) is 4.98 Å². The maximum Gasteiger partial charge on any atom is 0.431 e. The van der Waals surface area contributed by atoms with Crippen LogP contribution in [-0.2, 0) is 10.0 Å². The van der Waals surface area contributed by atoms with E-state index in [1.54, 1.807) is 24.4 Å². The summed E-state index contributed by atoms with van der Waals surface area (Å²) in [7, 11) is -3.92. The van der Waals surface area contributed by atoms with Crippen LogP contribution in [0.3, 0.4) is 0 Å². The summed E-state index contributed by atoms with van der Waals surface area (Å²) < 4.78 is 63.0. The molecule has 0 radical (unpaired) electrons. The fraction of sp³-hybridized carbons (Fsp3) is 0.167. The molecule has 0 aliphatic carbocycles. The van der Waals surface area contributed by atoms with Crippen molar-refractivity contribution >= 4 is 38.0 Å². The largest absolute Gasteiger partial charge is 0.431 e. The van der Waals surface area contributed by atoms with Crippen molar-refractivity contribution in [3.05, 3.63) is 54.2 Å². The van der Waals surface area contributed by atoms with Gasteiger partial charge in [0, 0.05) is 23.6 Å². The second kappa shape index (κ2) is 6.49. The molecule has 0 amide bonds. The number of halogens is 3. The lowest BCUT2D eigenvalue weighted by Gasteiger charge is -2.23. The monoisotopic (exact) mass is 423 g/mol. The van der Waals surface area contributed by atoms with Crippen LogP contribution in [0.5, 0.6) is 0 Å². The van der Waals surface area contributed by atoms with Gasteiger partial charge >= 0.3 is 6.18 Å². The van der Waals surface area contributed by atoms with Crippen LogP contribution in [0.4, 0.5) is 24.5 Å². The van der Waals surface area contributed by atoms with Gasteiger partial charge in [-0.25, -0.2) is 13.6 Å². The van der Waals surface area contributed by atoms with Crippen molar-refractivity contribution in [1.29, 1.82) is 0 Å². The lowest BCUT2D eigenvalue weighted by Crippen LogP contribution is -2.21. The zero-order chi connectivity index (χ0) is 21.0. The number of hydrogen-bond donors (Lipinski definition) is 3. The third-order valence-electron chi connectivity index (χ3n) is 4.81. The van der Waals surface area contributed by atoms with E-state index in [0.717, 1.165) is 0 Å². The molecule has 1 aliphatic rings. The number of hydrogen-bond acceptors (Lipinski definition) is 5. The minimum Gasteiger partial charge on any atom is -0.397 e.